The molecule has 1 aromatic carbocycles. The lowest BCUT2D eigenvalue weighted by molar-refractivity contribution is 0.617. The summed E-state index contributed by atoms with van der Waals surface area (Å²) >= 11 is 5.74. The zero-order chi connectivity index (χ0) is 15.0. The summed E-state index contributed by atoms with van der Waals surface area (Å²) in [4.78, 5) is 19.8. The third-order valence-corrected chi connectivity index (χ3v) is 3.07. The Bertz CT molecular complexity index is 874. The van der Waals surface area contributed by atoms with Crippen molar-refractivity contribution in [2.75, 3.05) is 5.73 Å². The Morgan fingerprint density at radius 3 is 2.81 bits per heavy atom. The number of rotatable bonds is 2. The maximum absolute atomic E-state index is 14.1. The van der Waals surface area contributed by atoms with Gasteiger partial charge in [0.05, 0.1) is 10.7 Å². The highest BCUT2D eigenvalue weighted by Gasteiger charge is 2.19. The van der Waals surface area contributed by atoms with Gasteiger partial charge in [-0.3, -0.25) is 0 Å². The minimum Gasteiger partial charge on any atom is -0.382 e. The second-order valence-electron chi connectivity index (χ2n) is 4.05. The Morgan fingerprint density at radius 2 is 2.05 bits per heavy atom. The highest BCUT2D eigenvalue weighted by Crippen LogP contribution is 2.25. The fourth-order valence-electron chi connectivity index (χ4n) is 1.87. The largest absolute Gasteiger partial charge is 0.382 e. The number of nitrogens with zero attached hydrogens (tertiary/aromatic N) is 4. The molecule has 2 heterocycles. The average Bonchev–Trinajstić information content (AvgIpc) is 2.84. The molecule has 3 rings (SSSR count). The van der Waals surface area contributed by atoms with Crippen LogP contribution < -0.4 is 11.4 Å². The predicted molar refractivity (Wildman–Crippen MR) is 74.6 cm³/mol. The normalized spacial score (nSPS) is 10.8. The number of nitrogen functional groups attached to an aromatic ring is 1. The van der Waals surface area contributed by atoms with Gasteiger partial charge in [-0.2, -0.15) is 5.10 Å². The maximum atomic E-state index is 14.1. The van der Waals surface area contributed by atoms with Gasteiger partial charge in [-0.05, 0) is 12.1 Å². The van der Waals surface area contributed by atoms with Gasteiger partial charge in [-0.25, -0.2) is 28.8 Å². The van der Waals surface area contributed by atoms with Crippen molar-refractivity contribution in [2.24, 2.45) is 0 Å². The number of nitrogens with one attached hydrogen (secondary N) is 1. The zero-order valence-electron chi connectivity index (χ0n) is 10.4. The number of anilines is 1. The van der Waals surface area contributed by atoms with E-state index in [9.17, 15) is 9.18 Å². The molecule has 0 spiro atoms. The standard InChI is InChI=1S/C12H8ClFN6O/c13-6-2-1-3-7(8(6)14)20-11(18-19-12(20)21)9-10(15)17-5-4-16-9/h1-5H,(H2,15,17)(H,19,21). The SMILES string of the molecule is Nc1nccnc1-c1n[nH]c(=O)n1-c1cccc(Cl)c1F. The first-order chi connectivity index (χ1) is 10.1. The highest BCUT2D eigenvalue weighted by atomic mass is 35.5. The van der Waals surface area contributed by atoms with Crippen LogP contribution in [0.25, 0.3) is 17.2 Å². The lowest BCUT2D eigenvalue weighted by Gasteiger charge is -2.08. The van der Waals surface area contributed by atoms with Gasteiger partial charge in [0.15, 0.2) is 23.2 Å². The molecule has 0 unspecified atom stereocenters. The van der Waals surface area contributed by atoms with Crippen LogP contribution in [0, 0.1) is 5.82 Å². The monoisotopic (exact) mass is 306 g/mol. The van der Waals surface area contributed by atoms with Gasteiger partial charge in [0.2, 0.25) is 0 Å². The van der Waals surface area contributed by atoms with E-state index in [4.69, 9.17) is 17.3 Å². The van der Waals surface area contributed by atoms with Gasteiger partial charge in [0.1, 0.15) is 0 Å². The van der Waals surface area contributed by atoms with E-state index in [2.05, 4.69) is 20.2 Å². The quantitative estimate of drug-likeness (QED) is 0.745. The van der Waals surface area contributed by atoms with Crippen LogP contribution in [0.5, 0.6) is 0 Å². The molecule has 0 aliphatic rings. The number of aromatic nitrogens is 5. The predicted octanol–water partition coefficient (Wildman–Crippen LogP) is 1.39. The maximum Gasteiger partial charge on any atom is 0.348 e. The van der Waals surface area contributed by atoms with Gasteiger partial charge >= 0.3 is 5.69 Å². The van der Waals surface area contributed by atoms with Crippen LogP contribution >= 0.6 is 11.6 Å². The van der Waals surface area contributed by atoms with E-state index in [0.717, 1.165) is 4.57 Å². The van der Waals surface area contributed by atoms with Gasteiger partial charge < -0.3 is 5.73 Å². The van der Waals surface area contributed by atoms with Crippen LogP contribution in [-0.2, 0) is 0 Å². The van der Waals surface area contributed by atoms with E-state index in [0.29, 0.717) is 0 Å². The van der Waals surface area contributed by atoms with Crippen molar-refractivity contribution in [1.29, 1.82) is 0 Å². The van der Waals surface area contributed by atoms with Gasteiger partial charge in [-0.1, -0.05) is 17.7 Å². The van der Waals surface area contributed by atoms with Crippen LogP contribution in [-0.4, -0.2) is 24.7 Å². The van der Waals surface area contributed by atoms with Crippen molar-refractivity contribution in [1.82, 2.24) is 24.7 Å². The van der Waals surface area contributed by atoms with Crippen molar-refractivity contribution < 1.29 is 4.39 Å². The van der Waals surface area contributed by atoms with Crippen LogP contribution in [0.1, 0.15) is 0 Å². The first kappa shape index (κ1) is 13.3. The Kier molecular flexibility index (Phi) is 3.15. The van der Waals surface area contributed by atoms with Crippen LogP contribution in [0.2, 0.25) is 5.02 Å². The topological polar surface area (TPSA) is 102 Å². The first-order valence-electron chi connectivity index (χ1n) is 5.78. The van der Waals surface area contributed by atoms with Crippen molar-refractivity contribution >= 4 is 17.4 Å². The second-order valence-corrected chi connectivity index (χ2v) is 4.46. The molecule has 0 aliphatic carbocycles. The molecule has 106 valence electrons. The molecule has 3 aromatic rings. The Morgan fingerprint density at radius 1 is 1.29 bits per heavy atom. The molecule has 2 aromatic heterocycles. The van der Waals surface area contributed by atoms with Crippen molar-refractivity contribution in [3.05, 3.63) is 51.9 Å². The molecular formula is C12H8ClFN6O. The van der Waals surface area contributed by atoms with Crippen molar-refractivity contribution in [3.63, 3.8) is 0 Å². The summed E-state index contributed by atoms with van der Waals surface area (Å²) in [6.45, 7) is 0. The lowest BCUT2D eigenvalue weighted by atomic mass is 10.3. The molecule has 3 N–H and O–H groups in total. The van der Waals surface area contributed by atoms with Crippen LogP contribution in [0.3, 0.4) is 0 Å². The average molecular weight is 307 g/mol. The summed E-state index contributed by atoms with van der Waals surface area (Å²) in [5, 5.41) is 5.95. The summed E-state index contributed by atoms with van der Waals surface area (Å²) < 4.78 is 15.1. The smallest absolute Gasteiger partial charge is 0.348 e. The van der Waals surface area contributed by atoms with Gasteiger partial charge in [-0.15, -0.1) is 0 Å². The van der Waals surface area contributed by atoms with E-state index < -0.39 is 11.5 Å². The molecule has 21 heavy (non-hydrogen) atoms. The third-order valence-electron chi connectivity index (χ3n) is 2.78. The molecule has 0 radical (unpaired) electrons. The molecular weight excluding hydrogens is 299 g/mol. The summed E-state index contributed by atoms with van der Waals surface area (Å²) in [6.07, 6.45) is 2.79. The van der Waals surface area contributed by atoms with E-state index in [1.54, 1.807) is 0 Å². The Balaban J connectivity index is 2.31. The second kappa shape index (κ2) is 4.98. The summed E-state index contributed by atoms with van der Waals surface area (Å²) in [6, 6.07) is 4.29. The van der Waals surface area contributed by atoms with Crippen LogP contribution in [0.4, 0.5) is 10.2 Å². The highest BCUT2D eigenvalue weighted by molar-refractivity contribution is 6.30. The molecule has 0 bridgehead atoms. The Hall–Kier alpha value is -2.74. The molecule has 0 saturated heterocycles. The van der Waals surface area contributed by atoms with E-state index in [1.165, 1.54) is 30.6 Å². The number of aromatic amines is 1. The summed E-state index contributed by atoms with van der Waals surface area (Å²) in [5.41, 5.74) is 5.18. The molecule has 0 saturated carbocycles. The minimum atomic E-state index is -0.744. The number of benzene rings is 1. The summed E-state index contributed by atoms with van der Waals surface area (Å²) in [5.74, 6) is -0.627. The van der Waals surface area contributed by atoms with Crippen LogP contribution in [0.15, 0.2) is 35.4 Å². The fraction of sp³-hybridized carbons (Fsp3) is 0. The number of halogens is 2. The summed E-state index contributed by atoms with van der Waals surface area (Å²) in [7, 11) is 0. The molecule has 0 fully saturated rings. The molecule has 7 nitrogen and oxygen atoms in total. The molecule has 0 aliphatic heterocycles. The van der Waals surface area contributed by atoms with E-state index >= 15 is 0 Å². The van der Waals surface area contributed by atoms with Crippen molar-refractivity contribution in [2.45, 2.75) is 0 Å². The van der Waals surface area contributed by atoms with Gasteiger partial charge in [0, 0.05) is 12.4 Å². The minimum absolute atomic E-state index is 0.0479. The van der Waals surface area contributed by atoms with Crippen molar-refractivity contribution in [3.8, 4) is 17.2 Å². The van der Waals surface area contributed by atoms with E-state index in [-0.39, 0.29) is 28.0 Å². The number of hydrogen-bond donors (Lipinski definition) is 2. The number of nitrogens with two attached hydrogens (primary N) is 1. The number of hydrogen-bond acceptors (Lipinski definition) is 5. The molecule has 9 heteroatoms. The van der Waals surface area contributed by atoms with E-state index in [1.807, 2.05) is 0 Å². The molecule has 0 amide bonds. The molecule has 0 atom stereocenters. The fourth-order valence-corrected chi connectivity index (χ4v) is 2.04. The first-order valence-corrected chi connectivity index (χ1v) is 6.16. The third kappa shape index (κ3) is 2.15. The number of H-pyrrole nitrogens is 1. The lowest BCUT2D eigenvalue weighted by Crippen LogP contribution is -2.17. The van der Waals surface area contributed by atoms with Gasteiger partial charge in [0.25, 0.3) is 0 Å². The zero-order valence-corrected chi connectivity index (χ0v) is 11.2. The Labute approximate surface area is 122 Å².